The maximum atomic E-state index is 12.1. The number of carbonyl (C=O) groups is 1. The first-order valence-corrected chi connectivity index (χ1v) is 7.22. The molecule has 20 heavy (non-hydrogen) atoms. The van der Waals surface area contributed by atoms with Crippen LogP contribution in [0.4, 0.5) is 0 Å². The molecule has 5 heteroatoms. The summed E-state index contributed by atoms with van der Waals surface area (Å²) in [4.78, 5) is 12.1. The SMILES string of the molecule is COCC(CCCl)NC(=O)c1ccc(OC(C)C)cc1. The molecule has 0 saturated carbocycles. The maximum Gasteiger partial charge on any atom is 0.251 e. The Kier molecular flexibility index (Phi) is 7.41. The topological polar surface area (TPSA) is 47.6 Å². The molecule has 0 aliphatic heterocycles. The highest BCUT2D eigenvalue weighted by atomic mass is 35.5. The van der Waals surface area contributed by atoms with Gasteiger partial charge in [0, 0.05) is 18.6 Å². The second kappa shape index (κ2) is 8.82. The first-order chi connectivity index (χ1) is 9.56. The average molecular weight is 300 g/mol. The zero-order valence-corrected chi connectivity index (χ0v) is 12.9. The predicted octanol–water partition coefficient (Wildman–Crippen LogP) is 2.85. The van der Waals surface area contributed by atoms with Gasteiger partial charge in [0.1, 0.15) is 5.75 Å². The lowest BCUT2D eigenvalue weighted by atomic mass is 10.1. The van der Waals surface area contributed by atoms with Crippen LogP contribution in [-0.2, 0) is 4.74 Å². The van der Waals surface area contributed by atoms with Crippen molar-refractivity contribution in [2.45, 2.75) is 32.4 Å². The summed E-state index contributed by atoms with van der Waals surface area (Å²) in [6.07, 6.45) is 0.792. The first kappa shape index (κ1) is 16.8. The van der Waals surface area contributed by atoms with Crippen molar-refractivity contribution in [3.8, 4) is 5.75 Å². The lowest BCUT2D eigenvalue weighted by molar-refractivity contribution is 0.0895. The van der Waals surface area contributed by atoms with Crippen molar-refractivity contribution in [1.29, 1.82) is 0 Å². The lowest BCUT2D eigenvalue weighted by Crippen LogP contribution is -2.38. The summed E-state index contributed by atoms with van der Waals surface area (Å²) in [5.41, 5.74) is 0.594. The van der Waals surface area contributed by atoms with Gasteiger partial charge in [-0.25, -0.2) is 0 Å². The van der Waals surface area contributed by atoms with Crippen LogP contribution in [0.1, 0.15) is 30.6 Å². The maximum absolute atomic E-state index is 12.1. The van der Waals surface area contributed by atoms with Crippen molar-refractivity contribution < 1.29 is 14.3 Å². The number of methoxy groups -OCH3 is 1. The molecule has 1 aromatic carbocycles. The van der Waals surface area contributed by atoms with Gasteiger partial charge in [0.05, 0.1) is 18.8 Å². The van der Waals surface area contributed by atoms with Crippen LogP contribution in [0.25, 0.3) is 0 Å². The summed E-state index contributed by atoms with van der Waals surface area (Å²) in [5.74, 6) is 1.11. The van der Waals surface area contributed by atoms with Crippen LogP contribution >= 0.6 is 11.6 Å². The van der Waals surface area contributed by atoms with Crippen molar-refractivity contribution in [2.24, 2.45) is 0 Å². The van der Waals surface area contributed by atoms with Gasteiger partial charge in [0.2, 0.25) is 0 Å². The van der Waals surface area contributed by atoms with Gasteiger partial charge >= 0.3 is 0 Å². The molecular weight excluding hydrogens is 278 g/mol. The molecule has 1 aromatic rings. The quantitative estimate of drug-likeness (QED) is 0.751. The average Bonchev–Trinajstić information content (AvgIpc) is 2.39. The fourth-order valence-electron chi connectivity index (χ4n) is 1.76. The highest BCUT2D eigenvalue weighted by Crippen LogP contribution is 2.14. The number of hydrogen-bond acceptors (Lipinski definition) is 3. The third-order valence-electron chi connectivity index (χ3n) is 2.65. The van der Waals surface area contributed by atoms with Crippen LogP contribution < -0.4 is 10.1 Å². The summed E-state index contributed by atoms with van der Waals surface area (Å²) in [7, 11) is 1.60. The molecule has 1 N–H and O–H groups in total. The van der Waals surface area contributed by atoms with E-state index in [9.17, 15) is 4.79 Å². The normalized spacial score (nSPS) is 12.2. The van der Waals surface area contributed by atoms with E-state index >= 15 is 0 Å². The molecule has 0 aliphatic rings. The summed E-state index contributed by atoms with van der Waals surface area (Å²) in [6, 6.07) is 7.01. The number of rotatable bonds is 8. The smallest absolute Gasteiger partial charge is 0.251 e. The molecule has 1 unspecified atom stereocenters. The van der Waals surface area contributed by atoms with Crippen LogP contribution in [0.15, 0.2) is 24.3 Å². The molecule has 0 fully saturated rings. The van der Waals surface area contributed by atoms with E-state index in [1.54, 1.807) is 31.4 Å². The van der Waals surface area contributed by atoms with Crippen molar-refractivity contribution in [3.05, 3.63) is 29.8 Å². The molecule has 1 amide bonds. The highest BCUT2D eigenvalue weighted by molar-refractivity contribution is 6.17. The van der Waals surface area contributed by atoms with Crippen LogP contribution in [0.2, 0.25) is 0 Å². The van der Waals surface area contributed by atoms with E-state index in [4.69, 9.17) is 21.1 Å². The van der Waals surface area contributed by atoms with Gasteiger partial charge in [0.25, 0.3) is 5.91 Å². The molecule has 4 nitrogen and oxygen atoms in total. The monoisotopic (exact) mass is 299 g/mol. The van der Waals surface area contributed by atoms with Gasteiger partial charge < -0.3 is 14.8 Å². The predicted molar refractivity (Wildman–Crippen MR) is 80.7 cm³/mol. The molecule has 0 aliphatic carbocycles. The number of benzene rings is 1. The molecule has 0 radical (unpaired) electrons. The summed E-state index contributed by atoms with van der Waals surface area (Å²) < 4.78 is 10.6. The molecule has 0 bridgehead atoms. The zero-order valence-electron chi connectivity index (χ0n) is 12.2. The fourth-order valence-corrected chi connectivity index (χ4v) is 2.02. The van der Waals surface area contributed by atoms with Gasteiger partial charge in [0.15, 0.2) is 0 Å². The second-order valence-electron chi connectivity index (χ2n) is 4.79. The molecule has 1 rings (SSSR count). The van der Waals surface area contributed by atoms with Crippen LogP contribution in [0, 0.1) is 0 Å². The minimum absolute atomic E-state index is 0.0726. The molecule has 0 spiro atoms. The van der Waals surface area contributed by atoms with Crippen molar-refractivity contribution in [3.63, 3.8) is 0 Å². The minimum Gasteiger partial charge on any atom is -0.491 e. The fraction of sp³-hybridized carbons (Fsp3) is 0.533. The van der Waals surface area contributed by atoms with Crippen LogP contribution in [-0.4, -0.2) is 37.6 Å². The lowest BCUT2D eigenvalue weighted by Gasteiger charge is -2.17. The minimum atomic E-state index is -0.131. The number of ether oxygens (including phenoxy) is 2. The number of carbonyl (C=O) groups excluding carboxylic acids is 1. The number of hydrogen-bond donors (Lipinski definition) is 1. The van der Waals surface area contributed by atoms with Gasteiger partial charge in [-0.2, -0.15) is 0 Å². The summed E-state index contributed by atoms with van der Waals surface area (Å²) >= 11 is 5.71. The molecular formula is C15H22ClNO3. The number of halogens is 1. The largest absolute Gasteiger partial charge is 0.491 e. The standard InChI is InChI=1S/C15H22ClNO3/c1-11(2)20-14-6-4-12(5-7-14)15(18)17-13(8-9-16)10-19-3/h4-7,11,13H,8-10H2,1-3H3,(H,17,18). The van der Waals surface area contributed by atoms with Crippen molar-refractivity contribution >= 4 is 17.5 Å². The summed E-state index contributed by atoms with van der Waals surface area (Å²) in [5, 5.41) is 2.91. The molecule has 0 saturated heterocycles. The summed E-state index contributed by atoms with van der Waals surface area (Å²) in [6.45, 7) is 4.37. The van der Waals surface area contributed by atoms with Gasteiger partial charge in [-0.15, -0.1) is 11.6 Å². The Labute approximate surface area is 125 Å². The Bertz CT molecular complexity index is 400. The van der Waals surface area contributed by atoms with Crippen molar-refractivity contribution in [1.82, 2.24) is 5.32 Å². The Morgan fingerprint density at radius 1 is 1.30 bits per heavy atom. The van der Waals surface area contributed by atoms with Gasteiger partial charge in [-0.05, 0) is 44.5 Å². The first-order valence-electron chi connectivity index (χ1n) is 6.69. The number of nitrogens with one attached hydrogen (secondary N) is 1. The molecule has 0 heterocycles. The van der Waals surface area contributed by atoms with E-state index in [1.807, 2.05) is 13.8 Å². The molecule has 112 valence electrons. The Morgan fingerprint density at radius 3 is 2.45 bits per heavy atom. The Morgan fingerprint density at radius 2 is 1.95 bits per heavy atom. The zero-order chi connectivity index (χ0) is 15.0. The molecule has 0 aromatic heterocycles. The second-order valence-corrected chi connectivity index (χ2v) is 5.17. The van der Waals surface area contributed by atoms with Crippen LogP contribution in [0.5, 0.6) is 5.75 Å². The van der Waals surface area contributed by atoms with E-state index in [2.05, 4.69) is 5.32 Å². The van der Waals surface area contributed by atoms with Crippen LogP contribution in [0.3, 0.4) is 0 Å². The Hall–Kier alpha value is -1.26. The van der Waals surface area contributed by atoms with E-state index < -0.39 is 0 Å². The van der Waals surface area contributed by atoms with Crippen molar-refractivity contribution in [2.75, 3.05) is 19.6 Å². The number of alkyl halides is 1. The van der Waals surface area contributed by atoms with E-state index in [1.165, 1.54) is 0 Å². The highest BCUT2D eigenvalue weighted by Gasteiger charge is 2.13. The van der Waals surface area contributed by atoms with Gasteiger partial charge in [-0.3, -0.25) is 4.79 Å². The third-order valence-corrected chi connectivity index (χ3v) is 2.87. The third kappa shape index (κ3) is 5.80. The number of amides is 1. The van der Waals surface area contributed by atoms with Gasteiger partial charge in [-0.1, -0.05) is 0 Å². The van der Waals surface area contributed by atoms with E-state index in [-0.39, 0.29) is 18.1 Å². The van der Waals surface area contributed by atoms with E-state index in [0.29, 0.717) is 24.5 Å². The Balaban J connectivity index is 2.62. The molecule has 1 atom stereocenters. The van der Waals surface area contributed by atoms with E-state index in [0.717, 1.165) is 5.75 Å².